The summed E-state index contributed by atoms with van der Waals surface area (Å²) < 4.78 is 12.1. The number of nitrogens with one attached hydrogen (secondary N) is 2. The molecule has 12 heteroatoms. The van der Waals surface area contributed by atoms with Crippen LogP contribution in [0.15, 0.2) is 37.1 Å². The number of nitrogens with two attached hydrogens (primary N) is 1. The van der Waals surface area contributed by atoms with Gasteiger partial charge in [-0.2, -0.15) is 5.10 Å². The van der Waals surface area contributed by atoms with Crippen molar-refractivity contribution < 1.29 is 19.1 Å². The normalized spacial score (nSPS) is 11.9. The summed E-state index contributed by atoms with van der Waals surface area (Å²) >= 11 is 1.32. The topological polar surface area (TPSA) is 146 Å². The molecule has 0 saturated carbocycles. The van der Waals surface area contributed by atoms with Gasteiger partial charge >= 0.3 is 6.09 Å². The van der Waals surface area contributed by atoms with Gasteiger partial charge in [0.05, 0.1) is 53.1 Å². The zero-order valence-electron chi connectivity index (χ0n) is 20.3. The summed E-state index contributed by atoms with van der Waals surface area (Å²) in [7, 11) is 1.64. The Morgan fingerprint density at radius 3 is 2.66 bits per heavy atom. The van der Waals surface area contributed by atoms with Crippen molar-refractivity contribution in [2.24, 2.45) is 5.73 Å². The quantitative estimate of drug-likeness (QED) is 0.398. The smallest absolute Gasteiger partial charge is 0.412 e. The molecule has 35 heavy (non-hydrogen) atoms. The SMILES string of the molecule is COCCn1cc(-c2cnc(/C(=C\N)C(=O)Nc3cc(NC(=O)OC(C)(C)C)cnc3C)s2)cn1. The Balaban J connectivity index is 1.72. The minimum Gasteiger partial charge on any atom is -0.444 e. The Labute approximate surface area is 207 Å². The van der Waals surface area contributed by atoms with Gasteiger partial charge in [-0.3, -0.25) is 19.8 Å². The monoisotopic (exact) mass is 499 g/mol. The van der Waals surface area contributed by atoms with E-state index in [1.807, 2.05) is 6.20 Å². The number of carbonyl (C=O) groups excluding carboxylic acids is 2. The number of ether oxygens (including phenoxy) is 2. The number of thiazole rings is 1. The van der Waals surface area contributed by atoms with E-state index >= 15 is 0 Å². The number of rotatable bonds is 8. The van der Waals surface area contributed by atoms with Crippen molar-refractivity contribution in [2.45, 2.75) is 39.8 Å². The molecule has 3 heterocycles. The van der Waals surface area contributed by atoms with Gasteiger partial charge in [-0.1, -0.05) is 0 Å². The van der Waals surface area contributed by atoms with E-state index in [2.05, 4.69) is 25.7 Å². The molecule has 3 aromatic heterocycles. The van der Waals surface area contributed by atoms with Gasteiger partial charge in [-0.05, 0) is 33.8 Å². The molecule has 0 aliphatic carbocycles. The van der Waals surface area contributed by atoms with E-state index in [9.17, 15) is 9.59 Å². The molecular formula is C23H29N7O4S. The van der Waals surface area contributed by atoms with Gasteiger partial charge in [-0.15, -0.1) is 11.3 Å². The van der Waals surface area contributed by atoms with E-state index in [0.29, 0.717) is 35.2 Å². The largest absolute Gasteiger partial charge is 0.444 e. The number of hydrogen-bond donors (Lipinski definition) is 3. The summed E-state index contributed by atoms with van der Waals surface area (Å²) in [6.45, 7) is 8.23. The first kappa shape index (κ1) is 25.8. The van der Waals surface area contributed by atoms with Crippen LogP contribution in [0.25, 0.3) is 16.0 Å². The molecule has 0 unspecified atom stereocenters. The third kappa shape index (κ3) is 7.11. The van der Waals surface area contributed by atoms with Crippen molar-refractivity contribution in [3.8, 4) is 10.4 Å². The molecule has 3 aromatic rings. The van der Waals surface area contributed by atoms with E-state index in [4.69, 9.17) is 15.2 Å². The third-order valence-corrected chi connectivity index (χ3v) is 5.65. The first-order chi connectivity index (χ1) is 16.6. The molecule has 0 atom stereocenters. The van der Waals surface area contributed by atoms with Gasteiger partial charge in [0, 0.05) is 31.3 Å². The summed E-state index contributed by atoms with van der Waals surface area (Å²) in [6.07, 6.45) is 7.37. The van der Waals surface area contributed by atoms with Crippen molar-refractivity contribution in [3.63, 3.8) is 0 Å². The highest BCUT2D eigenvalue weighted by Crippen LogP contribution is 2.30. The van der Waals surface area contributed by atoms with Crippen LogP contribution < -0.4 is 16.4 Å². The van der Waals surface area contributed by atoms with Crippen LogP contribution in [0.3, 0.4) is 0 Å². The lowest BCUT2D eigenvalue weighted by molar-refractivity contribution is -0.111. The zero-order chi connectivity index (χ0) is 25.6. The number of aromatic nitrogens is 4. The Hall–Kier alpha value is -3.77. The minimum atomic E-state index is -0.644. The lowest BCUT2D eigenvalue weighted by Crippen LogP contribution is -2.27. The molecule has 0 spiro atoms. The summed E-state index contributed by atoms with van der Waals surface area (Å²) in [5.74, 6) is -0.455. The Morgan fingerprint density at radius 2 is 1.97 bits per heavy atom. The fourth-order valence-electron chi connectivity index (χ4n) is 2.91. The number of pyridine rings is 1. The molecule has 0 fully saturated rings. The molecular weight excluding hydrogens is 470 g/mol. The number of nitrogens with zero attached hydrogens (tertiary/aromatic N) is 4. The first-order valence-electron chi connectivity index (χ1n) is 10.8. The van der Waals surface area contributed by atoms with Crippen LogP contribution in [-0.2, 0) is 20.8 Å². The lowest BCUT2D eigenvalue weighted by Gasteiger charge is -2.20. The number of amides is 2. The van der Waals surface area contributed by atoms with Crippen molar-refractivity contribution in [3.05, 3.63) is 47.8 Å². The van der Waals surface area contributed by atoms with Crippen LogP contribution in [-0.4, -0.2) is 51.1 Å². The van der Waals surface area contributed by atoms with Crippen molar-refractivity contribution in [1.29, 1.82) is 0 Å². The first-order valence-corrected chi connectivity index (χ1v) is 11.6. The van der Waals surface area contributed by atoms with Crippen LogP contribution in [0.4, 0.5) is 16.2 Å². The van der Waals surface area contributed by atoms with Crippen LogP contribution in [0.5, 0.6) is 0 Å². The van der Waals surface area contributed by atoms with Crippen LogP contribution in [0.1, 0.15) is 31.5 Å². The fraction of sp³-hybridized carbons (Fsp3) is 0.348. The van der Waals surface area contributed by atoms with Gasteiger partial charge in [0.25, 0.3) is 5.91 Å². The molecule has 0 aromatic carbocycles. The summed E-state index contributed by atoms with van der Waals surface area (Å²) in [4.78, 5) is 34.5. The predicted molar refractivity (Wildman–Crippen MR) is 135 cm³/mol. The van der Waals surface area contributed by atoms with Gasteiger partial charge in [0.2, 0.25) is 0 Å². The second-order valence-electron chi connectivity index (χ2n) is 8.53. The Bertz CT molecular complexity index is 1230. The number of hydrogen-bond acceptors (Lipinski definition) is 9. The van der Waals surface area contributed by atoms with E-state index in [1.54, 1.807) is 57.9 Å². The summed E-state index contributed by atoms with van der Waals surface area (Å²) in [6, 6.07) is 1.60. The van der Waals surface area contributed by atoms with Crippen molar-refractivity contribution in [2.75, 3.05) is 24.4 Å². The standard InChI is InChI=1S/C23H29N7O4S/c1-14-18(8-16(11-25-14)28-22(32)34-23(2,3)4)29-20(31)17(9-24)21-26-12-19(35-21)15-10-27-30(13-15)6-7-33-5/h8-13H,6-7,24H2,1-5H3,(H,28,32)(H,29,31)/b17-9-. The van der Waals surface area contributed by atoms with Crippen LogP contribution in [0.2, 0.25) is 0 Å². The van der Waals surface area contributed by atoms with E-state index < -0.39 is 17.6 Å². The van der Waals surface area contributed by atoms with Gasteiger partial charge in [-0.25, -0.2) is 9.78 Å². The summed E-state index contributed by atoms with van der Waals surface area (Å²) in [5.41, 5.74) is 7.58. The van der Waals surface area contributed by atoms with Gasteiger partial charge in [0.15, 0.2) is 0 Å². The van der Waals surface area contributed by atoms with E-state index in [0.717, 1.165) is 10.4 Å². The molecule has 0 radical (unpaired) electrons. The number of carbonyl (C=O) groups is 2. The maximum Gasteiger partial charge on any atom is 0.412 e. The average Bonchev–Trinajstić information content (AvgIpc) is 3.43. The highest BCUT2D eigenvalue weighted by atomic mass is 32.1. The second-order valence-corrected chi connectivity index (χ2v) is 9.56. The molecule has 2 amide bonds. The highest BCUT2D eigenvalue weighted by Gasteiger charge is 2.20. The maximum atomic E-state index is 13.0. The molecule has 0 aliphatic heterocycles. The molecule has 0 bridgehead atoms. The molecule has 4 N–H and O–H groups in total. The Morgan fingerprint density at radius 1 is 1.20 bits per heavy atom. The van der Waals surface area contributed by atoms with Crippen LogP contribution in [0, 0.1) is 6.92 Å². The average molecular weight is 500 g/mol. The minimum absolute atomic E-state index is 0.206. The van der Waals surface area contributed by atoms with E-state index in [1.165, 1.54) is 23.7 Å². The molecule has 186 valence electrons. The molecule has 0 aliphatic rings. The second kappa shape index (κ2) is 11.1. The maximum absolute atomic E-state index is 13.0. The predicted octanol–water partition coefficient (Wildman–Crippen LogP) is 3.64. The fourth-order valence-corrected chi connectivity index (χ4v) is 3.83. The molecule has 0 saturated heterocycles. The van der Waals surface area contributed by atoms with Gasteiger partial charge in [0.1, 0.15) is 10.6 Å². The van der Waals surface area contributed by atoms with Gasteiger partial charge < -0.3 is 20.5 Å². The molecule has 3 rings (SSSR count). The zero-order valence-corrected chi connectivity index (χ0v) is 21.1. The van der Waals surface area contributed by atoms with Crippen molar-refractivity contribution >= 4 is 40.3 Å². The summed E-state index contributed by atoms with van der Waals surface area (Å²) in [5, 5.41) is 10.2. The third-order valence-electron chi connectivity index (χ3n) is 4.57. The Kier molecular flexibility index (Phi) is 8.20. The van der Waals surface area contributed by atoms with Crippen LogP contribution >= 0.6 is 11.3 Å². The number of aryl methyl sites for hydroxylation is 1. The van der Waals surface area contributed by atoms with Crippen molar-refractivity contribution in [1.82, 2.24) is 19.7 Å². The lowest BCUT2D eigenvalue weighted by atomic mass is 10.2. The number of anilines is 2. The van der Waals surface area contributed by atoms with E-state index in [-0.39, 0.29) is 5.57 Å². The number of methoxy groups -OCH3 is 1. The molecule has 11 nitrogen and oxygen atoms in total. The highest BCUT2D eigenvalue weighted by molar-refractivity contribution is 7.16.